The molecule has 5 heteroatoms. The molecule has 1 heterocycles. The highest BCUT2D eigenvalue weighted by Gasteiger charge is 2.21. The minimum Gasteiger partial charge on any atom is -0.491 e. The fourth-order valence-electron chi connectivity index (χ4n) is 4.28. The Hall–Kier alpha value is -1.75. The fourth-order valence-corrected chi connectivity index (χ4v) is 4.44. The molecule has 1 fully saturated rings. The molecule has 28 heavy (non-hydrogen) atoms. The molecule has 0 saturated carbocycles. The first kappa shape index (κ1) is 19.6. The Labute approximate surface area is 172 Å². The second kappa shape index (κ2) is 8.73. The van der Waals surface area contributed by atoms with Crippen molar-refractivity contribution in [3.8, 4) is 5.75 Å². The first-order valence-electron chi connectivity index (χ1n) is 10.2. The number of aliphatic hydroxyl groups excluding tert-OH is 1. The van der Waals surface area contributed by atoms with Crippen molar-refractivity contribution < 1.29 is 9.84 Å². The maximum absolute atomic E-state index is 10.4. The summed E-state index contributed by atoms with van der Waals surface area (Å²) in [6.07, 6.45) is 3.08. The second-order valence-electron chi connectivity index (χ2n) is 7.97. The van der Waals surface area contributed by atoms with E-state index in [9.17, 15) is 5.11 Å². The number of benzene rings is 2. The molecular formula is C23H29ClN2O2. The van der Waals surface area contributed by atoms with Crippen molar-refractivity contribution in [1.29, 1.82) is 0 Å². The van der Waals surface area contributed by atoms with Crippen LogP contribution in [0.2, 0.25) is 5.02 Å². The molecule has 1 aliphatic heterocycles. The van der Waals surface area contributed by atoms with Crippen LogP contribution in [0.5, 0.6) is 5.75 Å². The summed E-state index contributed by atoms with van der Waals surface area (Å²) in [5.41, 5.74) is 5.31. The minimum absolute atomic E-state index is 0.340. The van der Waals surface area contributed by atoms with E-state index in [0.717, 1.165) is 43.4 Å². The van der Waals surface area contributed by atoms with Crippen molar-refractivity contribution >= 4 is 17.3 Å². The highest BCUT2D eigenvalue weighted by molar-refractivity contribution is 6.30. The van der Waals surface area contributed by atoms with Gasteiger partial charge in [-0.05, 0) is 67.1 Å². The van der Waals surface area contributed by atoms with Gasteiger partial charge in [0.1, 0.15) is 18.5 Å². The normalized spacial score (nSPS) is 18.2. The van der Waals surface area contributed by atoms with Crippen molar-refractivity contribution in [2.24, 2.45) is 0 Å². The zero-order valence-corrected chi connectivity index (χ0v) is 17.3. The largest absolute Gasteiger partial charge is 0.491 e. The molecule has 2 aromatic carbocycles. The molecule has 1 atom stereocenters. The van der Waals surface area contributed by atoms with Crippen LogP contribution >= 0.6 is 11.6 Å². The van der Waals surface area contributed by atoms with E-state index in [1.165, 1.54) is 35.2 Å². The van der Waals surface area contributed by atoms with Gasteiger partial charge in [0.25, 0.3) is 0 Å². The standard InChI is InChI=1S/C23H29ClN2O2/c1-17-5-7-20(24)14-23(17)26-11-9-25(10-12-26)15-21(27)16-28-22-8-6-18-3-2-4-19(18)13-22/h5-8,13-14,21,27H,2-4,9-12,15-16H2,1H3/t21-/m0/s1. The number of nitrogens with zero attached hydrogens (tertiary/aromatic N) is 2. The highest BCUT2D eigenvalue weighted by atomic mass is 35.5. The molecule has 0 unspecified atom stereocenters. The van der Waals surface area contributed by atoms with Crippen LogP contribution in [0.3, 0.4) is 0 Å². The quantitative estimate of drug-likeness (QED) is 0.802. The van der Waals surface area contributed by atoms with E-state index in [2.05, 4.69) is 34.9 Å². The molecular weight excluding hydrogens is 372 g/mol. The molecule has 0 bridgehead atoms. The predicted molar refractivity (Wildman–Crippen MR) is 115 cm³/mol. The van der Waals surface area contributed by atoms with Gasteiger partial charge in [-0.1, -0.05) is 23.7 Å². The maximum Gasteiger partial charge on any atom is 0.119 e. The number of hydrogen-bond acceptors (Lipinski definition) is 4. The monoisotopic (exact) mass is 400 g/mol. The van der Waals surface area contributed by atoms with Crippen LogP contribution in [0.1, 0.15) is 23.1 Å². The average molecular weight is 401 g/mol. The molecule has 0 aromatic heterocycles. The van der Waals surface area contributed by atoms with Gasteiger partial charge >= 0.3 is 0 Å². The number of rotatable bonds is 6. The number of anilines is 1. The topological polar surface area (TPSA) is 35.9 Å². The molecule has 4 rings (SSSR count). The number of fused-ring (bicyclic) bond motifs is 1. The SMILES string of the molecule is Cc1ccc(Cl)cc1N1CCN(C[C@H](O)COc2ccc3c(c2)CCC3)CC1. The van der Waals surface area contributed by atoms with Gasteiger partial charge in [0.05, 0.1) is 0 Å². The Morgan fingerprint density at radius 3 is 2.64 bits per heavy atom. The number of β-amino-alcohol motifs (C(OH)–C–C–N with tert-alkyl or cyclic N) is 1. The molecule has 1 aliphatic carbocycles. The van der Waals surface area contributed by atoms with Crippen molar-refractivity contribution in [1.82, 2.24) is 4.90 Å². The van der Waals surface area contributed by atoms with Crippen molar-refractivity contribution in [3.63, 3.8) is 0 Å². The lowest BCUT2D eigenvalue weighted by atomic mass is 10.1. The Kier molecular flexibility index (Phi) is 6.10. The molecule has 1 N–H and O–H groups in total. The summed E-state index contributed by atoms with van der Waals surface area (Å²) in [6.45, 7) is 6.86. The smallest absolute Gasteiger partial charge is 0.119 e. The third kappa shape index (κ3) is 4.62. The summed E-state index contributed by atoms with van der Waals surface area (Å²) in [5.74, 6) is 0.876. The molecule has 1 saturated heterocycles. The van der Waals surface area contributed by atoms with Gasteiger partial charge in [-0.2, -0.15) is 0 Å². The third-order valence-corrected chi connectivity index (χ3v) is 6.10. The van der Waals surface area contributed by atoms with Crippen LogP contribution in [0.4, 0.5) is 5.69 Å². The zero-order chi connectivity index (χ0) is 19.5. The molecule has 2 aliphatic rings. The Morgan fingerprint density at radius 1 is 1.04 bits per heavy atom. The molecule has 0 amide bonds. The first-order chi connectivity index (χ1) is 13.6. The highest BCUT2D eigenvalue weighted by Crippen LogP contribution is 2.27. The Morgan fingerprint density at radius 2 is 1.82 bits per heavy atom. The molecule has 150 valence electrons. The number of aliphatic hydroxyl groups is 1. The van der Waals surface area contributed by atoms with Crippen molar-refractivity contribution in [2.45, 2.75) is 32.3 Å². The van der Waals surface area contributed by atoms with Crippen LogP contribution in [-0.4, -0.2) is 55.4 Å². The average Bonchev–Trinajstić information content (AvgIpc) is 3.17. The van der Waals surface area contributed by atoms with Crippen LogP contribution in [0.15, 0.2) is 36.4 Å². The number of hydrogen-bond donors (Lipinski definition) is 1. The second-order valence-corrected chi connectivity index (χ2v) is 8.40. The Balaban J connectivity index is 1.24. The minimum atomic E-state index is -0.479. The molecule has 0 radical (unpaired) electrons. The van der Waals surface area contributed by atoms with E-state index < -0.39 is 6.10 Å². The van der Waals surface area contributed by atoms with Gasteiger partial charge in [0, 0.05) is 43.4 Å². The summed E-state index contributed by atoms with van der Waals surface area (Å²) in [4.78, 5) is 4.69. The molecule has 2 aromatic rings. The van der Waals surface area contributed by atoms with Crippen LogP contribution in [0.25, 0.3) is 0 Å². The van der Waals surface area contributed by atoms with E-state index in [4.69, 9.17) is 16.3 Å². The zero-order valence-electron chi connectivity index (χ0n) is 16.5. The van der Waals surface area contributed by atoms with Crippen LogP contribution in [0, 0.1) is 6.92 Å². The molecule has 0 spiro atoms. The number of ether oxygens (including phenoxy) is 1. The van der Waals surface area contributed by atoms with E-state index in [1.807, 2.05) is 18.2 Å². The summed E-state index contributed by atoms with van der Waals surface area (Å²) in [5, 5.41) is 11.2. The third-order valence-electron chi connectivity index (χ3n) is 5.87. The van der Waals surface area contributed by atoms with Gasteiger partial charge in [0.2, 0.25) is 0 Å². The first-order valence-corrected chi connectivity index (χ1v) is 10.6. The summed E-state index contributed by atoms with van der Waals surface area (Å²) < 4.78 is 5.85. The summed E-state index contributed by atoms with van der Waals surface area (Å²) >= 11 is 6.17. The lowest BCUT2D eigenvalue weighted by Crippen LogP contribution is -2.49. The summed E-state index contributed by atoms with van der Waals surface area (Å²) in [6, 6.07) is 12.4. The van der Waals surface area contributed by atoms with E-state index in [-0.39, 0.29) is 0 Å². The van der Waals surface area contributed by atoms with Gasteiger partial charge < -0.3 is 14.7 Å². The van der Waals surface area contributed by atoms with Crippen LogP contribution in [-0.2, 0) is 12.8 Å². The van der Waals surface area contributed by atoms with E-state index >= 15 is 0 Å². The van der Waals surface area contributed by atoms with Crippen molar-refractivity contribution in [2.75, 3.05) is 44.2 Å². The fraction of sp³-hybridized carbons (Fsp3) is 0.478. The predicted octanol–water partition coefficient (Wildman–Crippen LogP) is 3.70. The van der Waals surface area contributed by atoms with Gasteiger partial charge in [-0.3, -0.25) is 4.90 Å². The van der Waals surface area contributed by atoms with Crippen LogP contribution < -0.4 is 9.64 Å². The van der Waals surface area contributed by atoms with Gasteiger partial charge in [-0.25, -0.2) is 0 Å². The van der Waals surface area contributed by atoms with Crippen molar-refractivity contribution in [3.05, 3.63) is 58.1 Å². The lowest BCUT2D eigenvalue weighted by Gasteiger charge is -2.37. The number of aryl methyl sites for hydroxylation is 3. The van der Waals surface area contributed by atoms with Gasteiger partial charge in [-0.15, -0.1) is 0 Å². The van der Waals surface area contributed by atoms with E-state index in [1.54, 1.807) is 0 Å². The van der Waals surface area contributed by atoms with E-state index in [0.29, 0.717) is 13.2 Å². The Bertz CT molecular complexity index is 818. The van der Waals surface area contributed by atoms with Gasteiger partial charge in [0.15, 0.2) is 0 Å². The number of piperazine rings is 1. The number of halogens is 1. The lowest BCUT2D eigenvalue weighted by molar-refractivity contribution is 0.0663. The molecule has 4 nitrogen and oxygen atoms in total. The summed E-state index contributed by atoms with van der Waals surface area (Å²) in [7, 11) is 0. The maximum atomic E-state index is 10.4.